The number of halogens is 10. The first-order chi connectivity index (χ1) is 12.6. The SMILES string of the molecule is CCC(C)(C)C(=O)OC1C(F)(F)C(O)(C(F)(F)F)OC(CC)(C(F)(F)F)C1(F)F. The summed E-state index contributed by atoms with van der Waals surface area (Å²) in [5.74, 6) is -20.0. The molecule has 0 saturated carbocycles. The lowest BCUT2D eigenvalue weighted by atomic mass is 9.78. The Morgan fingerprint density at radius 1 is 0.966 bits per heavy atom. The van der Waals surface area contributed by atoms with Crippen molar-refractivity contribution in [3.05, 3.63) is 0 Å². The van der Waals surface area contributed by atoms with E-state index in [1.807, 2.05) is 0 Å². The highest BCUT2D eigenvalue weighted by molar-refractivity contribution is 5.76. The van der Waals surface area contributed by atoms with Crippen LogP contribution in [0.15, 0.2) is 0 Å². The van der Waals surface area contributed by atoms with Gasteiger partial charge in [-0.3, -0.25) is 4.79 Å². The smallest absolute Gasteiger partial charge is 0.449 e. The van der Waals surface area contributed by atoms with E-state index in [1.54, 1.807) is 0 Å². The molecular formula is C15H18F10O4. The number of rotatable bonds is 4. The third-order valence-electron chi connectivity index (χ3n) is 4.97. The van der Waals surface area contributed by atoms with Gasteiger partial charge in [0.05, 0.1) is 5.41 Å². The molecule has 0 radical (unpaired) electrons. The summed E-state index contributed by atoms with van der Waals surface area (Å²) in [6, 6.07) is 0. The molecule has 1 saturated heterocycles. The fourth-order valence-electron chi connectivity index (χ4n) is 2.57. The molecule has 1 aliphatic rings. The summed E-state index contributed by atoms with van der Waals surface area (Å²) < 4.78 is 145. The van der Waals surface area contributed by atoms with Gasteiger partial charge in [-0.1, -0.05) is 13.8 Å². The van der Waals surface area contributed by atoms with Gasteiger partial charge >= 0.3 is 36.0 Å². The largest absolute Gasteiger partial charge is 0.449 e. The first kappa shape index (κ1) is 25.7. The number of hydrogen-bond donors (Lipinski definition) is 1. The number of ether oxygens (including phenoxy) is 2. The maximum absolute atomic E-state index is 14.7. The van der Waals surface area contributed by atoms with E-state index in [-0.39, 0.29) is 13.3 Å². The second-order valence-corrected chi connectivity index (χ2v) is 7.19. The van der Waals surface area contributed by atoms with E-state index in [4.69, 9.17) is 0 Å². The quantitative estimate of drug-likeness (QED) is 0.501. The van der Waals surface area contributed by atoms with E-state index in [0.717, 1.165) is 13.8 Å². The van der Waals surface area contributed by atoms with E-state index in [1.165, 1.54) is 6.92 Å². The molecule has 0 bridgehead atoms. The lowest BCUT2D eigenvalue weighted by Gasteiger charge is -2.55. The molecule has 1 fully saturated rings. The van der Waals surface area contributed by atoms with E-state index >= 15 is 0 Å². The van der Waals surface area contributed by atoms with Crippen LogP contribution in [0.3, 0.4) is 0 Å². The van der Waals surface area contributed by atoms with Crippen LogP contribution in [0.4, 0.5) is 43.9 Å². The van der Waals surface area contributed by atoms with Crippen LogP contribution in [0.5, 0.6) is 0 Å². The van der Waals surface area contributed by atoms with Gasteiger partial charge in [-0.05, 0) is 26.7 Å². The summed E-state index contributed by atoms with van der Waals surface area (Å²) in [6.07, 6.45) is -19.9. The van der Waals surface area contributed by atoms with Crippen LogP contribution in [0, 0.1) is 5.41 Å². The standard InChI is InChI=1S/C15H18F10O4/c1-5-9(3,4)8(26)28-7-11(16,17)10(6-2,14(20,21)22)29-13(27,12(7,18)19)15(23,24)25/h7,27H,5-6H2,1-4H3. The maximum atomic E-state index is 14.7. The molecule has 1 heterocycles. The monoisotopic (exact) mass is 452 g/mol. The normalized spacial score (nSPS) is 32.7. The zero-order valence-corrected chi connectivity index (χ0v) is 15.4. The molecule has 0 spiro atoms. The van der Waals surface area contributed by atoms with Crippen molar-refractivity contribution >= 4 is 5.97 Å². The van der Waals surface area contributed by atoms with Crippen molar-refractivity contribution in [2.75, 3.05) is 0 Å². The van der Waals surface area contributed by atoms with Crippen LogP contribution in [0.2, 0.25) is 0 Å². The number of alkyl halides is 10. The fourth-order valence-corrected chi connectivity index (χ4v) is 2.57. The Morgan fingerprint density at radius 2 is 1.41 bits per heavy atom. The summed E-state index contributed by atoms with van der Waals surface area (Å²) in [4.78, 5) is 12.0. The number of carbonyl (C=O) groups excluding carboxylic acids is 1. The molecule has 0 aromatic rings. The van der Waals surface area contributed by atoms with Gasteiger partial charge in [0.2, 0.25) is 11.7 Å². The number of hydrogen-bond acceptors (Lipinski definition) is 4. The van der Waals surface area contributed by atoms with Gasteiger partial charge in [0.25, 0.3) is 0 Å². The molecule has 0 aromatic carbocycles. The van der Waals surface area contributed by atoms with Crippen LogP contribution >= 0.6 is 0 Å². The Labute approximate surface area is 158 Å². The van der Waals surface area contributed by atoms with E-state index in [9.17, 15) is 53.8 Å². The molecule has 3 unspecified atom stereocenters. The summed E-state index contributed by atoms with van der Waals surface area (Å²) in [5, 5.41) is 9.42. The van der Waals surface area contributed by atoms with Gasteiger partial charge in [0.1, 0.15) is 0 Å². The van der Waals surface area contributed by atoms with Crippen molar-refractivity contribution in [3.63, 3.8) is 0 Å². The van der Waals surface area contributed by atoms with Crippen LogP contribution in [0.25, 0.3) is 0 Å². The Kier molecular flexibility index (Phi) is 6.08. The highest BCUT2D eigenvalue weighted by Crippen LogP contribution is 2.62. The maximum Gasteiger partial charge on any atom is 0.449 e. The van der Waals surface area contributed by atoms with Gasteiger partial charge in [-0.25, -0.2) is 0 Å². The van der Waals surface area contributed by atoms with Crippen molar-refractivity contribution < 1.29 is 63.3 Å². The Balaban J connectivity index is 3.84. The van der Waals surface area contributed by atoms with Crippen molar-refractivity contribution in [1.82, 2.24) is 0 Å². The van der Waals surface area contributed by atoms with Gasteiger partial charge in [-0.15, -0.1) is 0 Å². The lowest BCUT2D eigenvalue weighted by molar-refractivity contribution is -0.540. The minimum atomic E-state index is -6.66. The summed E-state index contributed by atoms with van der Waals surface area (Å²) >= 11 is 0. The van der Waals surface area contributed by atoms with Gasteiger partial charge in [-0.2, -0.15) is 43.9 Å². The van der Waals surface area contributed by atoms with Crippen LogP contribution in [0.1, 0.15) is 40.5 Å². The van der Waals surface area contributed by atoms with Crippen molar-refractivity contribution in [2.45, 2.75) is 82.2 Å². The topological polar surface area (TPSA) is 55.8 Å². The van der Waals surface area contributed by atoms with E-state index < -0.39 is 59.5 Å². The van der Waals surface area contributed by atoms with Crippen molar-refractivity contribution in [1.29, 1.82) is 0 Å². The van der Waals surface area contributed by atoms with Gasteiger partial charge < -0.3 is 14.6 Å². The molecule has 1 aliphatic heterocycles. The zero-order valence-electron chi connectivity index (χ0n) is 15.4. The average molecular weight is 452 g/mol. The third kappa shape index (κ3) is 3.45. The van der Waals surface area contributed by atoms with Gasteiger partial charge in [0, 0.05) is 0 Å². The summed E-state index contributed by atoms with van der Waals surface area (Å²) in [7, 11) is 0. The molecule has 3 atom stereocenters. The first-order valence-electron chi connectivity index (χ1n) is 8.11. The molecule has 1 rings (SSSR count). The highest BCUT2D eigenvalue weighted by atomic mass is 19.4. The van der Waals surface area contributed by atoms with Crippen LogP contribution in [-0.4, -0.2) is 52.8 Å². The van der Waals surface area contributed by atoms with Crippen molar-refractivity contribution in [3.8, 4) is 0 Å². The van der Waals surface area contributed by atoms with E-state index in [0.29, 0.717) is 0 Å². The summed E-state index contributed by atoms with van der Waals surface area (Å²) in [5.41, 5.74) is -7.04. The van der Waals surface area contributed by atoms with Crippen LogP contribution < -0.4 is 0 Å². The Bertz CT molecular complexity index is 642. The molecule has 4 nitrogen and oxygen atoms in total. The van der Waals surface area contributed by atoms with E-state index in [2.05, 4.69) is 9.47 Å². The lowest BCUT2D eigenvalue weighted by Crippen LogP contribution is -2.83. The predicted octanol–water partition coefficient (Wildman–Crippen LogP) is 4.60. The Hall–Kier alpha value is -1.31. The molecule has 0 amide bonds. The molecule has 1 N–H and O–H groups in total. The second kappa shape index (κ2) is 6.86. The Morgan fingerprint density at radius 3 is 1.72 bits per heavy atom. The molecule has 0 aliphatic carbocycles. The number of carbonyl (C=O) groups is 1. The van der Waals surface area contributed by atoms with Crippen LogP contribution in [-0.2, 0) is 14.3 Å². The average Bonchev–Trinajstić information content (AvgIpc) is 2.52. The van der Waals surface area contributed by atoms with Gasteiger partial charge in [0.15, 0.2) is 0 Å². The minimum absolute atomic E-state index is 0.242. The highest BCUT2D eigenvalue weighted by Gasteiger charge is 2.91. The van der Waals surface area contributed by atoms with Crippen molar-refractivity contribution in [2.24, 2.45) is 5.41 Å². The minimum Gasteiger partial charge on any atom is -0.449 e. The molecular weight excluding hydrogens is 434 g/mol. The molecule has 29 heavy (non-hydrogen) atoms. The number of aliphatic hydroxyl groups is 1. The predicted molar refractivity (Wildman–Crippen MR) is 75.0 cm³/mol. The fraction of sp³-hybridized carbons (Fsp3) is 0.933. The third-order valence-corrected chi connectivity index (χ3v) is 4.97. The first-order valence-corrected chi connectivity index (χ1v) is 8.11. The number of esters is 1. The second-order valence-electron chi connectivity index (χ2n) is 7.19. The summed E-state index contributed by atoms with van der Waals surface area (Å²) in [6.45, 7) is 3.52. The molecule has 172 valence electrons. The zero-order chi connectivity index (χ0) is 23.5. The molecule has 0 aromatic heterocycles. The molecule has 14 heteroatoms.